The number of aryl methyl sites for hydroxylation is 1. The summed E-state index contributed by atoms with van der Waals surface area (Å²) in [7, 11) is 0. The highest BCUT2D eigenvalue weighted by molar-refractivity contribution is 9.10. The molecule has 0 unspecified atom stereocenters. The van der Waals surface area contributed by atoms with Gasteiger partial charge in [-0.15, -0.1) is 0 Å². The van der Waals surface area contributed by atoms with Gasteiger partial charge in [0.2, 0.25) is 5.88 Å². The lowest BCUT2D eigenvalue weighted by atomic mass is 10.3. The molecule has 1 aromatic carbocycles. The van der Waals surface area contributed by atoms with Crippen molar-refractivity contribution in [1.29, 1.82) is 0 Å². The number of nitrogens with two attached hydrogens (primary N) is 1. The van der Waals surface area contributed by atoms with Gasteiger partial charge < -0.3 is 10.5 Å². The molecule has 0 aliphatic carbocycles. The standard InChI is InChI=1S/C13H14BrN3O/c1-2-5-12-16-11(15)8-13(17-12)18-10-7-4-3-6-9(10)14/h3-4,6-8H,2,5H2,1H3,(H2,15,16,17). The lowest BCUT2D eigenvalue weighted by Gasteiger charge is -2.08. The lowest BCUT2D eigenvalue weighted by molar-refractivity contribution is 0.456. The van der Waals surface area contributed by atoms with E-state index in [1.807, 2.05) is 24.3 Å². The van der Waals surface area contributed by atoms with E-state index in [0.717, 1.165) is 17.3 Å². The van der Waals surface area contributed by atoms with Gasteiger partial charge in [-0.1, -0.05) is 19.1 Å². The van der Waals surface area contributed by atoms with Crippen molar-refractivity contribution in [2.24, 2.45) is 0 Å². The molecule has 2 N–H and O–H groups in total. The Morgan fingerprint density at radius 1 is 1.28 bits per heavy atom. The summed E-state index contributed by atoms with van der Waals surface area (Å²) in [6, 6.07) is 9.22. The van der Waals surface area contributed by atoms with E-state index < -0.39 is 0 Å². The Morgan fingerprint density at radius 3 is 2.78 bits per heavy atom. The maximum absolute atomic E-state index is 5.74. The Balaban J connectivity index is 2.26. The van der Waals surface area contributed by atoms with Crippen LogP contribution in [0.15, 0.2) is 34.8 Å². The largest absolute Gasteiger partial charge is 0.438 e. The minimum Gasteiger partial charge on any atom is -0.438 e. The molecule has 0 amide bonds. The fourth-order valence-electron chi connectivity index (χ4n) is 1.52. The highest BCUT2D eigenvalue weighted by Gasteiger charge is 2.06. The number of nitrogen functional groups attached to an aromatic ring is 1. The smallest absolute Gasteiger partial charge is 0.224 e. The molecule has 5 heteroatoms. The number of hydrogen-bond acceptors (Lipinski definition) is 4. The average Bonchev–Trinajstić information content (AvgIpc) is 2.32. The zero-order valence-corrected chi connectivity index (χ0v) is 11.6. The van der Waals surface area contributed by atoms with Gasteiger partial charge in [0.1, 0.15) is 17.4 Å². The average molecular weight is 308 g/mol. The molecule has 0 aliphatic rings. The summed E-state index contributed by atoms with van der Waals surface area (Å²) >= 11 is 3.42. The molecule has 2 rings (SSSR count). The summed E-state index contributed by atoms with van der Waals surface area (Å²) < 4.78 is 6.57. The molecule has 0 saturated heterocycles. The van der Waals surface area contributed by atoms with Gasteiger partial charge >= 0.3 is 0 Å². The van der Waals surface area contributed by atoms with Crippen molar-refractivity contribution in [3.63, 3.8) is 0 Å². The molecule has 0 fully saturated rings. The Kier molecular flexibility index (Phi) is 4.15. The van der Waals surface area contributed by atoms with Gasteiger partial charge in [-0.05, 0) is 34.5 Å². The molecule has 0 radical (unpaired) electrons. The molecule has 0 spiro atoms. The molecule has 2 aromatic rings. The first-order valence-electron chi connectivity index (χ1n) is 5.75. The number of anilines is 1. The third-order valence-corrected chi connectivity index (χ3v) is 2.95. The summed E-state index contributed by atoms with van der Waals surface area (Å²) in [5.74, 6) is 2.31. The van der Waals surface area contributed by atoms with Crippen molar-refractivity contribution in [1.82, 2.24) is 9.97 Å². The van der Waals surface area contributed by atoms with E-state index in [2.05, 4.69) is 32.8 Å². The van der Waals surface area contributed by atoms with E-state index in [9.17, 15) is 0 Å². The van der Waals surface area contributed by atoms with Gasteiger partial charge in [0.25, 0.3) is 0 Å². The number of hydrogen-bond donors (Lipinski definition) is 1. The van der Waals surface area contributed by atoms with Crippen molar-refractivity contribution in [3.8, 4) is 11.6 Å². The van der Waals surface area contributed by atoms with Gasteiger partial charge in [0.15, 0.2) is 0 Å². The van der Waals surface area contributed by atoms with E-state index in [1.165, 1.54) is 0 Å². The first kappa shape index (κ1) is 12.8. The second kappa shape index (κ2) is 5.82. The van der Waals surface area contributed by atoms with Crippen molar-refractivity contribution >= 4 is 21.7 Å². The highest BCUT2D eigenvalue weighted by Crippen LogP contribution is 2.28. The normalized spacial score (nSPS) is 10.3. The van der Waals surface area contributed by atoms with Gasteiger partial charge in [-0.3, -0.25) is 0 Å². The lowest BCUT2D eigenvalue weighted by Crippen LogP contribution is -2.01. The Hall–Kier alpha value is -1.62. The Morgan fingerprint density at radius 2 is 2.06 bits per heavy atom. The van der Waals surface area contributed by atoms with Crippen molar-refractivity contribution < 1.29 is 4.74 Å². The zero-order chi connectivity index (χ0) is 13.0. The van der Waals surface area contributed by atoms with Crippen LogP contribution in [0.1, 0.15) is 19.2 Å². The number of rotatable bonds is 4. The summed E-state index contributed by atoms with van der Waals surface area (Å²) in [6.45, 7) is 2.07. The van der Waals surface area contributed by atoms with E-state index >= 15 is 0 Å². The van der Waals surface area contributed by atoms with Gasteiger partial charge in [0.05, 0.1) is 4.47 Å². The predicted octanol–water partition coefficient (Wildman–Crippen LogP) is 3.57. The zero-order valence-electron chi connectivity index (χ0n) is 10.1. The van der Waals surface area contributed by atoms with Crippen LogP contribution in [0.2, 0.25) is 0 Å². The second-order valence-electron chi connectivity index (χ2n) is 3.83. The number of halogens is 1. The minimum absolute atomic E-state index is 0.426. The highest BCUT2D eigenvalue weighted by atomic mass is 79.9. The van der Waals surface area contributed by atoms with E-state index in [-0.39, 0.29) is 0 Å². The summed E-state index contributed by atoms with van der Waals surface area (Å²) in [6.07, 6.45) is 1.76. The number of para-hydroxylation sites is 1. The molecule has 1 heterocycles. The van der Waals surface area contributed by atoms with Crippen LogP contribution in [0.25, 0.3) is 0 Å². The van der Waals surface area contributed by atoms with Crippen LogP contribution in [-0.2, 0) is 6.42 Å². The second-order valence-corrected chi connectivity index (χ2v) is 4.68. The molecule has 18 heavy (non-hydrogen) atoms. The van der Waals surface area contributed by atoms with Gasteiger partial charge in [-0.2, -0.15) is 4.98 Å². The molecule has 0 bridgehead atoms. The van der Waals surface area contributed by atoms with Crippen LogP contribution < -0.4 is 10.5 Å². The van der Waals surface area contributed by atoms with E-state index in [0.29, 0.717) is 23.3 Å². The Bertz CT molecular complexity index is 546. The molecule has 1 aromatic heterocycles. The van der Waals surface area contributed by atoms with Crippen LogP contribution >= 0.6 is 15.9 Å². The quantitative estimate of drug-likeness (QED) is 0.938. The molecule has 0 aliphatic heterocycles. The van der Waals surface area contributed by atoms with E-state index in [1.54, 1.807) is 6.07 Å². The van der Waals surface area contributed by atoms with Crippen molar-refractivity contribution in [2.45, 2.75) is 19.8 Å². The molecule has 0 saturated carbocycles. The fourth-order valence-corrected chi connectivity index (χ4v) is 1.89. The van der Waals surface area contributed by atoms with Crippen molar-refractivity contribution in [2.75, 3.05) is 5.73 Å². The number of aromatic nitrogens is 2. The fraction of sp³-hybridized carbons (Fsp3) is 0.231. The molecule has 94 valence electrons. The SMILES string of the molecule is CCCc1nc(N)cc(Oc2ccccc2Br)n1. The summed E-state index contributed by atoms with van der Waals surface area (Å²) in [5, 5.41) is 0. The van der Waals surface area contributed by atoms with Crippen LogP contribution in [0, 0.1) is 0 Å². The number of nitrogens with zero attached hydrogens (tertiary/aromatic N) is 2. The topological polar surface area (TPSA) is 61.0 Å². The monoisotopic (exact) mass is 307 g/mol. The van der Waals surface area contributed by atoms with Crippen molar-refractivity contribution in [3.05, 3.63) is 40.6 Å². The first-order valence-corrected chi connectivity index (χ1v) is 6.54. The third-order valence-electron chi connectivity index (χ3n) is 2.29. The minimum atomic E-state index is 0.426. The summed E-state index contributed by atoms with van der Waals surface area (Å²) in [5.41, 5.74) is 5.74. The number of ether oxygens (including phenoxy) is 1. The van der Waals surface area contributed by atoms with Crippen LogP contribution in [0.4, 0.5) is 5.82 Å². The maximum atomic E-state index is 5.74. The predicted molar refractivity (Wildman–Crippen MR) is 74.7 cm³/mol. The maximum Gasteiger partial charge on any atom is 0.224 e. The third kappa shape index (κ3) is 3.20. The molecule has 0 atom stereocenters. The van der Waals surface area contributed by atoms with E-state index in [4.69, 9.17) is 10.5 Å². The van der Waals surface area contributed by atoms with Crippen LogP contribution in [0.3, 0.4) is 0 Å². The Labute approximate surface area is 114 Å². The number of benzene rings is 1. The van der Waals surface area contributed by atoms with Gasteiger partial charge in [0, 0.05) is 12.5 Å². The van der Waals surface area contributed by atoms with Crippen LogP contribution in [-0.4, -0.2) is 9.97 Å². The van der Waals surface area contributed by atoms with Gasteiger partial charge in [-0.25, -0.2) is 4.98 Å². The molecular weight excluding hydrogens is 294 g/mol. The van der Waals surface area contributed by atoms with Crippen LogP contribution in [0.5, 0.6) is 11.6 Å². The first-order chi connectivity index (χ1) is 8.69. The summed E-state index contributed by atoms with van der Waals surface area (Å²) in [4.78, 5) is 8.49. The molecular formula is C13H14BrN3O. The molecule has 4 nitrogen and oxygen atoms in total.